The van der Waals surface area contributed by atoms with Crippen molar-refractivity contribution < 1.29 is 23.8 Å². The molecule has 0 aliphatic heterocycles. The van der Waals surface area contributed by atoms with Gasteiger partial charge < -0.3 is 19.5 Å². The Labute approximate surface area is 175 Å². The number of hydrogen-bond acceptors (Lipinski definition) is 5. The fraction of sp³-hybridized carbons (Fsp3) is 0.167. The van der Waals surface area contributed by atoms with Gasteiger partial charge in [-0.25, -0.2) is 4.79 Å². The van der Waals surface area contributed by atoms with Gasteiger partial charge in [0, 0.05) is 22.7 Å². The number of nitrogens with one attached hydrogen (secondary N) is 1. The van der Waals surface area contributed by atoms with Crippen LogP contribution in [-0.4, -0.2) is 32.2 Å². The van der Waals surface area contributed by atoms with Crippen LogP contribution in [0.1, 0.15) is 12.5 Å². The van der Waals surface area contributed by atoms with E-state index in [-0.39, 0.29) is 0 Å². The molecule has 0 aliphatic rings. The van der Waals surface area contributed by atoms with Gasteiger partial charge in [0.05, 0.1) is 14.2 Å². The highest BCUT2D eigenvalue weighted by atomic mass is 16.5. The van der Waals surface area contributed by atoms with Crippen LogP contribution in [0.25, 0.3) is 16.8 Å². The largest absolute Gasteiger partial charge is 0.497 e. The van der Waals surface area contributed by atoms with Gasteiger partial charge in [-0.3, -0.25) is 4.79 Å². The van der Waals surface area contributed by atoms with Crippen molar-refractivity contribution in [3.63, 3.8) is 0 Å². The van der Waals surface area contributed by atoms with E-state index in [9.17, 15) is 9.59 Å². The minimum atomic E-state index is -0.965. The summed E-state index contributed by atoms with van der Waals surface area (Å²) in [7, 11) is 3.09. The Morgan fingerprint density at radius 1 is 0.967 bits per heavy atom. The minimum Gasteiger partial charge on any atom is -0.497 e. The number of rotatable bonds is 7. The predicted octanol–water partition coefficient (Wildman–Crippen LogP) is 4.44. The molecule has 30 heavy (non-hydrogen) atoms. The Bertz CT molecular complexity index is 1080. The van der Waals surface area contributed by atoms with E-state index in [2.05, 4.69) is 5.32 Å². The van der Waals surface area contributed by atoms with Gasteiger partial charge in [0.2, 0.25) is 0 Å². The molecule has 3 aromatic carbocycles. The van der Waals surface area contributed by atoms with Crippen molar-refractivity contribution in [1.29, 1.82) is 0 Å². The van der Waals surface area contributed by atoms with Gasteiger partial charge >= 0.3 is 5.97 Å². The van der Waals surface area contributed by atoms with Crippen molar-refractivity contribution in [2.24, 2.45) is 0 Å². The van der Waals surface area contributed by atoms with Gasteiger partial charge in [-0.15, -0.1) is 0 Å². The van der Waals surface area contributed by atoms with E-state index in [1.165, 1.54) is 20.1 Å². The van der Waals surface area contributed by atoms with Crippen molar-refractivity contribution in [3.8, 4) is 11.5 Å². The Morgan fingerprint density at radius 2 is 1.73 bits per heavy atom. The molecule has 1 N–H and O–H groups in total. The van der Waals surface area contributed by atoms with Gasteiger partial charge in [-0.1, -0.05) is 36.4 Å². The lowest BCUT2D eigenvalue weighted by Gasteiger charge is -2.14. The molecular formula is C24H23NO5. The molecule has 1 amide bonds. The number of ether oxygens (including phenoxy) is 3. The standard InChI is InChI=1S/C24H23NO5/c1-16(24(27)25-21-10-6-8-17-7-4-5-9-20(17)21)30-23(26)14-11-18-15-19(28-2)12-13-22(18)29-3/h4-16H,1-3H3,(H,25,27)/b14-11+. The van der Waals surface area contributed by atoms with Crippen LogP contribution in [0.2, 0.25) is 0 Å². The van der Waals surface area contributed by atoms with E-state index in [0.717, 1.165) is 10.8 Å². The Hall–Kier alpha value is -3.80. The van der Waals surface area contributed by atoms with Gasteiger partial charge in [-0.2, -0.15) is 0 Å². The number of carbonyl (C=O) groups excluding carboxylic acids is 2. The molecule has 0 fully saturated rings. The highest BCUT2D eigenvalue weighted by Crippen LogP contribution is 2.25. The molecule has 3 rings (SSSR count). The zero-order chi connectivity index (χ0) is 21.5. The van der Waals surface area contributed by atoms with E-state index >= 15 is 0 Å². The van der Waals surface area contributed by atoms with E-state index in [1.54, 1.807) is 31.4 Å². The maximum Gasteiger partial charge on any atom is 0.331 e. The lowest BCUT2D eigenvalue weighted by atomic mass is 10.1. The highest BCUT2D eigenvalue weighted by Gasteiger charge is 2.17. The molecule has 154 valence electrons. The molecule has 0 saturated heterocycles. The van der Waals surface area contributed by atoms with Crippen LogP contribution >= 0.6 is 0 Å². The quantitative estimate of drug-likeness (QED) is 0.465. The molecule has 6 heteroatoms. The zero-order valence-electron chi connectivity index (χ0n) is 17.0. The van der Waals surface area contributed by atoms with Crippen molar-refractivity contribution in [3.05, 3.63) is 72.3 Å². The zero-order valence-corrected chi connectivity index (χ0v) is 17.0. The number of fused-ring (bicyclic) bond motifs is 1. The van der Waals surface area contributed by atoms with E-state index in [4.69, 9.17) is 14.2 Å². The molecular weight excluding hydrogens is 382 g/mol. The van der Waals surface area contributed by atoms with Gasteiger partial charge in [0.1, 0.15) is 11.5 Å². The van der Waals surface area contributed by atoms with E-state index < -0.39 is 18.0 Å². The van der Waals surface area contributed by atoms with Crippen LogP contribution in [0.15, 0.2) is 66.7 Å². The fourth-order valence-corrected chi connectivity index (χ4v) is 2.96. The average Bonchev–Trinajstić information content (AvgIpc) is 2.77. The van der Waals surface area contributed by atoms with Gasteiger partial charge in [0.15, 0.2) is 6.10 Å². The maximum atomic E-state index is 12.5. The first-order chi connectivity index (χ1) is 14.5. The lowest BCUT2D eigenvalue weighted by molar-refractivity contribution is -0.148. The van der Waals surface area contributed by atoms with Crippen LogP contribution in [0.3, 0.4) is 0 Å². The summed E-state index contributed by atoms with van der Waals surface area (Å²) in [5.41, 5.74) is 1.32. The van der Waals surface area contributed by atoms with Crippen molar-refractivity contribution in [2.45, 2.75) is 13.0 Å². The second-order valence-electron chi connectivity index (χ2n) is 6.54. The first-order valence-corrected chi connectivity index (χ1v) is 9.41. The number of esters is 1. The molecule has 0 bridgehead atoms. The normalized spacial score (nSPS) is 11.8. The summed E-state index contributed by atoms with van der Waals surface area (Å²) >= 11 is 0. The number of benzene rings is 3. The van der Waals surface area contributed by atoms with Gasteiger partial charge in [0.25, 0.3) is 5.91 Å². The molecule has 1 unspecified atom stereocenters. The maximum absolute atomic E-state index is 12.5. The van der Waals surface area contributed by atoms with Crippen LogP contribution in [-0.2, 0) is 14.3 Å². The summed E-state index contributed by atoms with van der Waals surface area (Å²) in [6.07, 6.45) is 1.84. The van der Waals surface area contributed by atoms with E-state index in [1.807, 2.05) is 42.5 Å². The van der Waals surface area contributed by atoms with Gasteiger partial charge in [-0.05, 0) is 42.7 Å². The number of amides is 1. The highest BCUT2D eigenvalue weighted by molar-refractivity contribution is 6.04. The Balaban J connectivity index is 1.65. The monoisotopic (exact) mass is 405 g/mol. The molecule has 1 atom stereocenters. The SMILES string of the molecule is COc1ccc(OC)c(/C=C/C(=O)OC(C)C(=O)Nc2cccc3ccccc23)c1. The second kappa shape index (κ2) is 9.60. The summed E-state index contributed by atoms with van der Waals surface area (Å²) in [6.45, 7) is 1.53. The van der Waals surface area contributed by atoms with Crippen LogP contribution in [0.5, 0.6) is 11.5 Å². The molecule has 0 saturated carbocycles. The third kappa shape index (κ3) is 4.97. The predicted molar refractivity (Wildman–Crippen MR) is 117 cm³/mol. The Kier molecular flexibility index (Phi) is 6.70. The molecule has 0 aliphatic carbocycles. The molecule has 0 aromatic heterocycles. The van der Waals surface area contributed by atoms with Crippen molar-refractivity contribution in [1.82, 2.24) is 0 Å². The molecule has 0 radical (unpaired) electrons. The van der Waals surface area contributed by atoms with E-state index in [0.29, 0.717) is 22.7 Å². The lowest BCUT2D eigenvalue weighted by Crippen LogP contribution is -2.29. The third-order valence-electron chi connectivity index (χ3n) is 4.55. The summed E-state index contributed by atoms with van der Waals surface area (Å²) in [5, 5.41) is 4.74. The first kappa shape index (κ1) is 20.9. The molecule has 0 spiro atoms. The molecule has 3 aromatic rings. The smallest absolute Gasteiger partial charge is 0.331 e. The topological polar surface area (TPSA) is 73.9 Å². The summed E-state index contributed by atoms with van der Waals surface area (Å²) in [5.74, 6) is 0.167. The van der Waals surface area contributed by atoms with Crippen LogP contribution < -0.4 is 14.8 Å². The van der Waals surface area contributed by atoms with Crippen LogP contribution in [0, 0.1) is 0 Å². The second-order valence-corrected chi connectivity index (χ2v) is 6.54. The van der Waals surface area contributed by atoms with Crippen molar-refractivity contribution >= 4 is 34.4 Å². The number of hydrogen-bond donors (Lipinski definition) is 1. The summed E-state index contributed by atoms with van der Waals surface area (Å²) in [6, 6.07) is 18.6. The first-order valence-electron chi connectivity index (χ1n) is 9.41. The third-order valence-corrected chi connectivity index (χ3v) is 4.55. The molecule has 6 nitrogen and oxygen atoms in total. The Morgan fingerprint density at radius 3 is 2.50 bits per heavy atom. The number of carbonyl (C=O) groups is 2. The van der Waals surface area contributed by atoms with Crippen LogP contribution in [0.4, 0.5) is 5.69 Å². The summed E-state index contributed by atoms with van der Waals surface area (Å²) in [4.78, 5) is 24.7. The molecule has 0 heterocycles. The number of methoxy groups -OCH3 is 2. The van der Waals surface area contributed by atoms with Crippen molar-refractivity contribution in [2.75, 3.05) is 19.5 Å². The summed E-state index contributed by atoms with van der Waals surface area (Å²) < 4.78 is 15.7. The average molecular weight is 405 g/mol. The number of anilines is 1. The fourth-order valence-electron chi connectivity index (χ4n) is 2.96. The minimum absolute atomic E-state index is 0.410.